The highest BCUT2D eigenvalue weighted by Crippen LogP contribution is 2.30. The predicted octanol–water partition coefficient (Wildman–Crippen LogP) is 4.41. The van der Waals surface area contributed by atoms with Gasteiger partial charge in [-0.15, -0.1) is 0 Å². The Bertz CT molecular complexity index is 708. The first-order valence-corrected chi connectivity index (χ1v) is 6.84. The average Bonchev–Trinajstić information content (AvgIpc) is 2.80. The zero-order valence-electron chi connectivity index (χ0n) is 11.4. The fraction of sp³-hybridized carbons (Fsp3) is 0.188. The minimum atomic E-state index is 0.373. The van der Waals surface area contributed by atoms with Gasteiger partial charge in [0.1, 0.15) is 18.2 Å². The molecule has 0 saturated heterocycles. The van der Waals surface area contributed by atoms with E-state index in [0.717, 1.165) is 33.7 Å². The molecule has 0 aliphatic rings. The Morgan fingerprint density at radius 2 is 2.00 bits per heavy atom. The summed E-state index contributed by atoms with van der Waals surface area (Å²) in [4.78, 5) is 7.72. The topological polar surface area (TPSA) is 37.9 Å². The van der Waals surface area contributed by atoms with E-state index in [9.17, 15) is 0 Å². The molecule has 1 heterocycles. The summed E-state index contributed by atoms with van der Waals surface area (Å²) in [6.07, 6.45) is 0. The fourth-order valence-corrected chi connectivity index (χ4v) is 2.68. The summed E-state index contributed by atoms with van der Waals surface area (Å²) >= 11 is 6.22. The number of nitrogens with one attached hydrogen (secondary N) is 1. The molecule has 0 atom stereocenters. The van der Waals surface area contributed by atoms with Gasteiger partial charge in [-0.05, 0) is 43.2 Å². The summed E-state index contributed by atoms with van der Waals surface area (Å²) in [7, 11) is 0. The number of imidazole rings is 1. The average molecular weight is 287 g/mol. The highest BCUT2D eigenvalue weighted by Gasteiger charge is 2.08. The van der Waals surface area contributed by atoms with Crippen LogP contribution in [-0.2, 0) is 6.61 Å². The molecule has 0 radical (unpaired) electrons. The smallest absolute Gasteiger partial charge is 0.146 e. The van der Waals surface area contributed by atoms with Crippen LogP contribution in [0.4, 0.5) is 0 Å². The summed E-state index contributed by atoms with van der Waals surface area (Å²) < 4.78 is 5.81. The summed E-state index contributed by atoms with van der Waals surface area (Å²) in [5.41, 5.74) is 4.12. The Labute approximate surface area is 122 Å². The molecule has 0 fully saturated rings. The van der Waals surface area contributed by atoms with Crippen LogP contribution in [0.3, 0.4) is 0 Å². The van der Waals surface area contributed by atoms with Crippen molar-refractivity contribution in [3.63, 3.8) is 0 Å². The lowest BCUT2D eigenvalue weighted by molar-refractivity contribution is 0.295. The van der Waals surface area contributed by atoms with E-state index >= 15 is 0 Å². The molecule has 102 valence electrons. The van der Waals surface area contributed by atoms with Crippen LogP contribution in [0.25, 0.3) is 11.0 Å². The van der Waals surface area contributed by atoms with Crippen LogP contribution >= 0.6 is 11.6 Å². The number of aromatic nitrogens is 2. The molecule has 4 heteroatoms. The maximum absolute atomic E-state index is 6.22. The molecular formula is C16H15ClN2O. The Kier molecular flexibility index (Phi) is 3.36. The van der Waals surface area contributed by atoms with Crippen molar-refractivity contribution in [1.29, 1.82) is 0 Å². The van der Waals surface area contributed by atoms with Gasteiger partial charge in [-0.3, -0.25) is 0 Å². The largest absolute Gasteiger partial charge is 0.484 e. The third-order valence-corrected chi connectivity index (χ3v) is 3.45. The quantitative estimate of drug-likeness (QED) is 0.774. The molecule has 0 aliphatic heterocycles. The van der Waals surface area contributed by atoms with E-state index in [2.05, 4.69) is 16.0 Å². The summed E-state index contributed by atoms with van der Waals surface area (Å²) in [5.74, 6) is 1.51. The Morgan fingerprint density at radius 1 is 1.20 bits per heavy atom. The first-order valence-electron chi connectivity index (χ1n) is 6.46. The van der Waals surface area contributed by atoms with Gasteiger partial charge in [-0.1, -0.05) is 29.8 Å². The number of nitrogens with zero attached hydrogens (tertiary/aromatic N) is 1. The highest BCUT2D eigenvalue weighted by atomic mass is 35.5. The van der Waals surface area contributed by atoms with Gasteiger partial charge in [-0.2, -0.15) is 0 Å². The second-order valence-corrected chi connectivity index (χ2v) is 5.29. The van der Waals surface area contributed by atoms with E-state index in [-0.39, 0.29) is 0 Å². The minimum Gasteiger partial charge on any atom is -0.484 e. The van der Waals surface area contributed by atoms with Gasteiger partial charge in [-0.25, -0.2) is 4.98 Å². The van der Waals surface area contributed by atoms with Crippen molar-refractivity contribution >= 4 is 22.6 Å². The molecule has 0 aliphatic carbocycles. The van der Waals surface area contributed by atoms with Gasteiger partial charge in [0.05, 0.1) is 16.1 Å². The van der Waals surface area contributed by atoms with Crippen molar-refractivity contribution in [3.05, 3.63) is 58.4 Å². The summed E-state index contributed by atoms with van der Waals surface area (Å²) in [6, 6.07) is 11.9. The first-order chi connectivity index (χ1) is 9.63. The van der Waals surface area contributed by atoms with Gasteiger partial charge in [0.2, 0.25) is 0 Å². The molecule has 1 aromatic heterocycles. The number of rotatable bonds is 3. The lowest BCUT2D eigenvalue weighted by Gasteiger charge is -2.10. The number of hydrogen-bond donors (Lipinski definition) is 1. The van der Waals surface area contributed by atoms with Crippen LogP contribution in [0.1, 0.15) is 17.0 Å². The van der Waals surface area contributed by atoms with Gasteiger partial charge in [0.25, 0.3) is 0 Å². The number of H-pyrrole nitrogens is 1. The molecule has 0 spiro atoms. The van der Waals surface area contributed by atoms with Crippen LogP contribution in [-0.4, -0.2) is 9.97 Å². The number of aromatic amines is 1. The van der Waals surface area contributed by atoms with E-state index in [1.807, 2.05) is 44.2 Å². The number of halogens is 1. The molecule has 0 unspecified atom stereocenters. The molecule has 20 heavy (non-hydrogen) atoms. The molecule has 0 saturated carbocycles. The molecule has 0 bridgehead atoms. The Balaban J connectivity index is 1.83. The first kappa shape index (κ1) is 13.0. The number of para-hydroxylation sites is 2. The molecule has 3 rings (SSSR count). The Hall–Kier alpha value is -2.00. The second kappa shape index (κ2) is 5.17. The molecule has 3 aromatic rings. The molecule has 1 N–H and O–H groups in total. The SMILES string of the molecule is Cc1cc(C)c(OCc2nc3ccccc3[nH]2)c(Cl)c1. The zero-order valence-corrected chi connectivity index (χ0v) is 12.2. The maximum Gasteiger partial charge on any atom is 0.146 e. The molecular weight excluding hydrogens is 272 g/mol. The van der Waals surface area contributed by atoms with Crippen molar-refractivity contribution in [2.75, 3.05) is 0 Å². The molecule has 3 nitrogen and oxygen atoms in total. The van der Waals surface area contributed by atoms with Crippen LogP contribution in [0, 0.1) is 13.8 Å². The number of aryl methyl sites for hydroxylation is 2. The zero-order chi connectivity index (χ0) is 14.1. The third kappa shape index (κ3) is 2.49. The normalized spacial score (nSPS) is 10.9. The lowest BCUT2D eigenvalue weighted by Crippen LogP contribution is -1.99. The molecule has 0 amide bonds. The number of ether oxygens (including phenoxy) is 1. The number of hydrogen-bond acceptors (Lipinski definition) is 2. The van der Waals surface area contributed by atoms with Crippen molar-refractivity contribution in [3.8, 4) is 5.75 Å². The van der Waals surface area contributed by atoms with Crippen molar-refractivity contribution in [2.45, 2.75) is 20.5 Å². The van der Waals surface area contributed by atoms with Crippen LogP contribution in [0.15, 0.2) is 36.4 Å². The monoisotopic (exact) mass is 286 g/mol. The van der Waals surface area contributed by atoms with Gasteiger partial charge < -0.3 is 9.72 Å². The fourth-order valence-electron chi connectivity index (χ4n) is 2.30. The van der Waals surface area contributed by atoms with E-state index in [0.29, 0.717) is 11.6 Å². The predicted molar refractivity (Wildman–Crippen MR) is 81.4 cm³/mol. The summed E-state index contributed by atoms with van der Waals surface area (Å²) in [6.45, 7) is 4.38. The maximum atomic E-state index is 6.22. The van der Waals surface area contributed by atoms with Gasteiger partial charge in [0.15, 0.2) is 0 Å². The van der Waals surface area contributed by atoms with Gasteiger partial charge >= 0.3 is 0 Å². The highest BCUT2D eigenvalue weighted by molar-refractivity contribution is 6.32. The number of benzene rings is 2. The van der Waals surface area contributed by atoms with E-state index in [1.54, 1.807) is 0 Å². The Morgan fingerprint density at radius 3 is 2.75 bits per heavy atom. The van der Waals surface area contributed by atoms with Crippen molar-refractivity contribution in [1.82, 2.24) is 9.97 Å². The third-order valence-electron chi connectivity index (χ3n) is 3.17. The van der Waals surface area contributed by atoms with E-state index < -0.39 is 0 Å². The van der Waals surface area contributed by atoms with Crippen molar-refractivity contribution in [2.24, 2.45) is 0 Å². The second-order valence-electron chi connectivity index (χ2n) is 4.88. The number of fused-ring (bicyclic) bond motifs is 1. The van der Waals surface area contributed by atoms with Gasteiger partial charge in [0, 0.05) is 0 Å². The summed E-state index contributed by atoms with van der Waals surface area (Å²) in [5, 5.41) is 0.638. The van der Waals surface area contributed by atoms with Crippen LogP contribution in [0.5, 0.6) is 5.75 Å². The lowest BCUT2D eigenvalue weighted by atomic mass is 10.1. The van der Waals surface area contributed by atoms with Crippen LogP contribution in [0.2, 0.25) is 5.02 Å². The van der Waals surface area contributed by atoms with Crippen LogP contribution < -0.4 is 4.74 Å². The molecule has 2 aromatic carbocycles. The van der Waals surface area contributed by atoms with E-state index in [1.165, 1.54) is 0 Å². The standard InChI is InChI=1S/C16H15ClN2O/c1-10-7-11(2)16(12(17)8-10)20-9-15-18-13-5-3-4-6-14(13)19-15/h3-8H,9H2,1-2H3,(H,18,19). The minimum absolute atomic E-state index is 0.373. The van der Waals surface area contributed by atoms with E-state index in [4.69, 9.17) is 16.3 Å². The van der Waals surface area contributed by atoms with Crippen molar-refractivity contribution < 1.29 is 4.74 Å².